The summed E-state index contributed by atoms with van der Waals surface area (Å²) in [5.41, 5.74) is 0.309. The van der Waals surface area contributed by atoms with Gasteiger partial charge in [0.2, 0.25) is 0 Å². The average molecular weight is 168 g/mol. The SMILES string of the molecule is CC(CC#N)NCC1(C)COC1. The van der Waals surface area contributed by atoms with Crippen LogP contribution >= 0.6 is 0 Å². The van der Waals surface area contributed by atoms with Crippen molar-refractivity contribution in [2.24, 2.45) is 5.41 Å². The third-order valence-corrected chi connectivity index (χ3v) is 2.18. The van der Waals surface area contributed by atoms with Gasteiger partial charge in [0.1, 0.15) is 0 Å². The standard InChI is InChI=1S/C9H16N2O/c1-8(3-4-10)11-5-9(2)6-12-7-9/h8,11H,3,5-7H2,1-2H3. The lowest BCUT2D eigenvalue weighted by Gasteiger charge is -2.38. The van der Waals surface area contributed by atoms with Crippen LogP contribution in [0.3, 0.4) is 0 Å². The van der Waals surface area contributed by atoms with E-state index < -0.39 is 0 Å². The third kappa shape index (κ3) is 2.47. The Morgan fingerprint density at radius 1 is 1.67 bits per heavy atom. The van der Waals surface area contributed by atoms with Crippen molar-refractivity contribution in [3.05, 3.63) is 0 Å². The van der Waals surface area contributed by atoms with Gasteiger partial charge in [-0.2, -0.15) is 5.26 Å². The van der Waals surface area contributed by atoms with E-state index in [1.54, 1.807) is 0 Å². The lowest BCUT2D eigenvalue weighted by molar-refractivity contribution is -0.0998. The molecule has 0 aromatic carbocycles. The number of rotatable bonds is 4. The lowest BCUT2D eigenvalue weighted by atomic mass is 9.88. The number of hydrogen-bond donors (Lipinski definition) is 1. The van der Waals surface area contributed by atoms with E-state index in [9.17, 15) is 0 Å². The van der Waals surface area contributed by atoms with Gasteiger partial charge in [-0.3, -0.25) is 0 Å². The number of hydrogen-bond acceptors (Lipinski definition) is 3. The van der Waals surface area contributed by atoms with E-state index in [2.05, 4.69) is 18.3 Å². The van der Waals surface area contributed by atoms with Crippen LogP contribution < -0.4 is 5.32 Å². The molecule has 1 rings (SSSR count). The molecule has 68 valence electrons. The molecule has 0 aromatic rings. The zero-order chi connectivity index (χ0) is 9.03. The van der Waals surface area contributed by atoms with Crippen molar-refractivity contribution in [3.63, 3.8) is 0 Å². The fourth-order valence-corrected chi connectivity index (χ4v) is 1.18. The fraction of sp³-hybridized carbons (Fsp3) is 0.889. The molecule has 0 bridgehead atoms. The molecule has 0 radical (unpaired) electrons. The molecule has 0 aliphatic carbocycles. The monoisotopic (exact) mass is 168 g/mol. The van der Waals surface area contributed by atoms with Crippen molar-refractivity contribution < 1.29 is 4.74 Å². The van der Waals surface area contributed by atoms with Gasteiger partial charge >= 0.3 is 0 Å². The molecule has 1 aliphatic heterocycles. The molecule has 1 saturated heterocycles. The fourth-order valence-electron chi connectivity index (χ4n) is 1.18. The molecular weight excluding hydrogens is 152 g/mol. The minimum absolute atomic E-state index is 0.299. The predicted octanol–water partition coefficient (Wildman–Crippen LogP) is 0.915. The van der Waals surface area contributed by atoms with Crippen LogP contribution in [0.1, 0.15) is 20.3 Å². The summed E-state index contributed by atoms with van der Waals surface area (Å²) >= 11 is 0. The highest BCUT2D eigenvalue weighted by Crippen LogP contribution is 2.25. The topological polar surface area (TPSA) is 45.0 Å². The van der Waals surface area contributed by atoms with Gasteiger partial charge in [-0.15, -0.1) is 0 Å². The normalized spacial score (nSPS) is 22.4. The first-order chi connectivity index (χ1) is 5.66. The lowest BCUT2D eigenvalue weighted by Crippen LogP contribution is -2.49. The smallest absolute Gasteiger partial charge is 0.0638 e. The Labute approximate surface area is 73.7 Å². The van der Waals surface area contributed by atoms with Gasteiger partial charge < -0.3 is 10.1 Å². The molecule has 1 N–H and O–H groups in total. The van der Waals surface area contributed by atoms with E-state index >= 15 is 0 Å². The zero-order valence-electron chi connectivity index (χ0n) is 7.76. The average Bonchev–Trinajstić information content (AvgIpc) is 1.98. The second-order valence-electron chi connectivity index (χ2n) is 3.95. The Morgan fingerprint density at radius 2 is 2.33 bits per heavy atom. The summed E-state index contributed by atoms with van der Waals surface area (Å²) in [6.45, 7) is 6.88. The predicted molar refractivity (Wildman–Crippen MR) is 46.6 cm³/mol. The van der Waals surface area contributed by atoms with Crippen LogP contribution in [0.5, 0.6) is 0 Å². The van der Waals surface area contributed by atoms with Crippen LogP contribution in [0, 0.1) is 16.7 Å². The second-order valence-corrected chi connectivity index (χ2v) is 3.95. The van der Waals surface area contributed by atoms with Gasteiger partial charge in [0.25, 0.3) is 0 Å². The summed E-state index contributed by atoms with van der Waals surface area (Å²) in [6.07, 6.45) is 0.580. The maximum Gasteiger partial charge on any atom is 0.0638 e. The Kier molecular flexibility index (Phi) is 3.07. The van der Waals surface area contributed by atoms with Crippen molar-refractivity contribution in [2.45, 2.75) is 26.3 Å². The molecule has 12 heavy (non-hydrogen) atoms. The summed E-state index contributed by atoms with van der Waals surface area (Å²) in [6, 6.07) is 2.44. The maximum atomic E-state index is 8.42. The summed E-state index contributed by atoms with van der Waals surface area (Å²) in [7, 11) is 0. The van der Waals surface area contributed by atoms with Crippen LogP contribution in [0.25, 0.3) is 0 Å². The van der Waals surface area contributed by atoms with Gasteiger partial charge in [0.15, 0.2) is 0 Å². The van der Waals surface area contributed by atoms with E-state index in [1.165, 1.54) is 0 Å². The zero-order valence-corrected chi connectivity index (χ0v) is 7.76. The molecule has 0 aromatic heterocycles. The highest BCUT2D eigenvalue weighted by molar-refractivity contribution is 4.85. The molecular formula is C9H16N2O. The molecule has 1 aliphatic rings. The largest absolute Gasteiger partial charge is 0.380 e. The number of nitrogens with one attached hydrogen (secondary N) is 1. The summed E-state index contributed by atoms with van der Waals surface area (Å²) < 4.78 is 5.13. The molecule has 3 nitrogen and oxygen atoms in total. The first kappa shape index (κ1) is 9.50. The van der Waals surface area contributed by atoms with Gasteiger partial charge in [-0.1, -0.05) is 6.92 Å². The van der Waals surface area contributed by atoms with Crippen molar-refractivity contribution >= 4 is 0 Å². The minimum Gasteiger partial charge on any atom is -0.380 e. The highest BCUT2D eigenvalue weighted by atomic mass is 16.5. The molecule has 1 unspecified atom stereocenters. The number of nitrogens with zero attached hydrogens (tertiary/aromatic N) is 1. The minimum atomic E-state index is 0.299. The Balaban J connectivity index is 2.12. The highest BCUT2D eigenvalue weighted by Gasteiger charge is 2.32. The van der Waals surface area contributed by atoms with Crippen LogP contribution in [0.2, 0.25) is 0 Å². The van der Waals surface area contributed by atoms with Crippen molar-refractivity contribution in [3.8, 4) is 6.07 Å². The summed E-state index contributed by atoms with van der Waals surface area (Å²) in [5.74, 6) is 0. The molecule has 3 heteroatoms. The van der Waals surface area contributed by atoms with E-state index in [-0.39, 0.29) is 0 Å². The van der Waals surface area contributed by atoms with Gasteiger partial charge in [-0.25, -0.2) is 0 Å². The number of nitriles is 1. The van der Waals surface area contributed by atoms with Gasteiger partial charge in [0, 0.05) is 18.0 Å². The number of ether oxygens (including phenoxy) is 1. The van der Waals surface area contributed by atoms with E-state index in [4.69, 9.17) is 10.00 Å². The van der Waals surface area contributed by atoms with Crippen LogP contribution in [0.15, 0.2) is 0 Å². The molecule has 1 fully saturated rings. The van der Waals surface area contributed by atoms with Crippen molar-refractivity contribution in [1.82, 2.24) is 5.32 Å². The third-order valence-electron chi connectivity index (χ3n) is 2.18. The molecule has 0 saturated carbocycles. The van der Waals surface area contributed by atoms with E-state index in [0.717, 1.165) is 19.8 Å². The Morgan fingerprint density at radius 3 is 2.75 bits per heavy atom. The van der Waals surface area contributed by atoms with Crippen LogP contribution in [-0.2, 0) is 4.74 Å². The molecule has 0 spiro atoms. The Hall–Kier alpha value is -0.590. The van der Waals surface area contributed by atoms with E-state index in [0.29, 0.717) is 17.9 Å². The van der Waals surface area contributed by atoms with Gasteiger partial charge in [0.05, 0.1) is 25.7 Å². The quantitative estimate of drug-likeness (QED) is 0.678. The van der Waals surface area contributed by atoms with Crippen molar-refractivity contribution in [2.75, 3.05) is 19.8 Å². The maximum absolute atomic E-state index is 8.42. The van der Waals surface area contributed by atoms with Crippen molar-refractivity contribution in [1.29, 1.82) is 5.26 Å². The first-order valence-electron chi connectivity index (χ1n) is 4.34. The molecule has 0 amide bonds. The van der Waals surface area contributed by atoms with Crippen LogP contribution in [0.4, 0.5) is 0 Å². The molecule has 1 atom stereocenters. The van der Waals surface area contributed by atoms with E-state index in [1.807, 2.05) is 6.92 Å². The van der Waals surface area contributed by atoms with Crippen LogP contribution in [-0.4, -0.2) is 25.8 Å². The first-order valence-corrected chi connectivity index (χ1v) is 4.34. The summed E-state index contributed by atoms with van der Waals surface area (Å²) in [5, 5.41) is 11.7. The molecule has 1 heterocycles. The van der Waals surface area contributed by atoms with Gasteiger partial charge in [-0.05, 0) is 6.92 Å². The second kappa shape index (κ2) is 3.88. The Bertz CT molecular complexity index is 181. The summed E-state index contributed by atoms with van der Waals surface area (Å²) in [4.78, 5) is 0.